The van der Waals surface area contributed by atoms with Crippen molar-refractivity contribution in [2.45, 2.75) is 19.5 Å². The first-order chi connectivity index (χ1) is 14.1. The minimum Gasteiger partial charge on any atom is -0.322 e. The largest absolute Gasteiger partial charge is 0.416 e. The highest BCUT2D eigenvalue weighted by atomic mass is 19.4. The Bertz CT molecular complexity index is 1090. The van der Waals surface area contributed by atoms with Crippen molar-refractivity contribution in [1.29, 1.82) is 0 Å². The normalized spacial score (nSPS) is 11.4. The molecule has 156 valence electrons. The molecule has 1 N–H and O–H groups in total. The van der Waals surface area contributed by atoms with Gasteiger partial charge in [0.05, 0.1) is 11.1 Å². The second-order valence-corrected chi connectivity index (χ2v) is 6.67. The van der Waals surface area contributed by atoms with Crippen LogP contribution in [0.15, 0.2) is 54.6 Å². The highest BCUT2D eigenvalue weighted by Gasteiger charge is 2.33. The van der Waals surface area contributed by atoms with Gasteiger partial charge in [0.25, 0.3) is 5.91 Å². The maximum atomic E-state index is 14.5. The number of hydrogen-bond donors (Lipinski definition) is 1. The van der Waals surface area contributed by atoms with Crippen molar-refractivity contribution in [3.05, 3.63) is 99.9 Å². The van der Waals surface area contributed by atoms with Crippen molar-refractivity contribution in [2.24, 2.45) is 0 Å². The molecule has 0 aliphatic rings. The highest BCUT2D eigenvalue weighted by Crippen LogP contribution is 2.34. The maximum absolute atomic E-state index is 14.5. The number of halogens is 6. The number of benzene rings is 3. The number of carbonyl (C=O) groups is 1. The minimum atomic E-state index is -4.79. The molecule has 0 fully saturated rings. The van der Waals surface area contributed by atoms with Gasteiger partial charge in [-0.3, -0.25) is 4.79 Å². The van der Waals surface area contributed by atoms with E-state index >= 15 is 0 Å². The predicted octanol–water partition coefficient (Wildman–Crippen LogP) is 6.27. The van der Waals surface area contributed by atoms with Gasteiger partial charge in [-0.25, -0.2) is 13.2 Å². The first kappa shape index (κ1) is 21.4. The van der Waals surface area contributed by atoms with Crippen LogP contribution in [0.1, 0.15) is 32.6 Å². The summed E-state index contributed by atoms with van der Waals surface area (Å²) in [5.41, 5.74) is -1.34. The number of hydrogen-bond acceptors (Lipinski definition) is 1. The fourth-order valence-electron chi connectivity index (χ4n) is 3.05. The summed E-state index contributed by atoms with van der Waals surface area (Å²) in [7, 11) is 0. The highest BCUT2D eigenvalue weighted by molar-refractivity contribution is 6.05. The van der Waals surface area contributed by atoms with Gasteiger partial charge in [0.1, 0.15) is 17.5 Å². The topological polar surface area (TPSA) is 29.1 Å². The summed E-state index contributed by atoms with van der Waals surface area (Å²) >= 11 is 0. The molecular formula is C22H15F6NO. The molecule has 0 saturated carbocycles. The van der Waals surface area contributed by atoms with E-state index in [2.05, 4.69) is 5.32 Å². The first-order valence-electron chi connectivity index (χ1n) is 8.77. The number of aryl methyl sites for hydroxylation is 1. The van der Waals surface area contributed by atoms with Crippen LogP contribution < -0.4 is 5.32 Å². The van der Waals surface area contributed by atoms with Crippen LogP contribution in [0.25, 0.3) is 0 Å². The average Bonchev–Trinajstić information content (AvgIpc) is 2.64. The third kappa shape index (κ3) is 4.64. The van der Waals surface area contributed by atoms with E-state index in [1.807, 2.05) is 0 Å². The van der Waals surface area contributed by atoms with Gasteiger partial charge in [-0.15, -0.1) is 0 Å². The molecule has 3 aromatic rings. The van der Waals surface area contributed by atoms with Crippen LogP contribution in [-0.2, 0) is 12.6 Å². The number of rotatable bonds is 4. The van der Waals surface area contributed by atoms with Crippen molar-refractivity contribution in [1.82, 2.24) is 0 Å². The van der Waals surface area contributed by atoms with Gasteiger partial charge in [-0.2, -0.15) is 13.2 Å². The fourth-order valence-corrected chi connectivity index (χ4v) is 3.05. The van der Waals surface area contributed by atoms with E-state index in [9.17, 15) is 31.1 Å². The number of anilines is 1. The van der Waals surface area contributed by atoms with Crippen molar-refractivity contribution >= 4 is 11.6 Å². The molecule has 0 saturated heterocycles. The smallest absolute Gasteiger partial charge is 0.322 e. The average molecular weight is 423 g/mol. The van der Waals surface area contributed by atoms with E-state index < -0.39 is 41.5 Å². The SMILES string of the molecule is Cc1cccc(F)c1C(=O)Nc1ccc(Cc2ccc(F)cc2C(F)(F)F)c(F)c1. The van der Waals surface area contributed by atoms with Crippen LogP contribution in [0.5, 0.6) is 0 Å². The van der Waals surface area contributed by atoms with Crippen molar-refractivity contribution in [3.63, 3.8) is 0 Å². The lowest BCUT2D eigenvalue weighted by atomic mass is 9.98. The minimum absolute atomic E-state index is 0.0130. The second kappa shape index (κ2) is 8.22. The molecule has 0 radical (unpaired) electrons. The zero-order chi connectivity index (χ0) is 22.1. The van der Waals surface area contributed by atoms with Crippen molar-refractivity contribution in [3.8, 4) is 0 Å². The molecule has 0 spiro atoms. The van der Waals surface area contributed by atoms with Crippen LogP contribution in [0.3, 0.4) is 0 Å². The Labute approximate surface area is 168 Å². The molecule has 3 aromatic carbocycles. The van der Waals surface area contributed by atoms with Gasteiger partial charge < -0.3 is 5.32 Å². The van der Waals surface area contributed by atoms with E-state index in [0.29, 0.717) is 11.6 Å². The quantitative estimate of drug-likeness (QED) is 0.492. The lowest BCUT2D eigenvalue weighted by Crippen LogP contribution is -2.15. The molecule has 0 aliphatic heterocycles. The summed E-state index contributed by atoms with van der Waals surface area (Å²) < 4.78 is 81.0. The summed E-state index contributed by atoms with van der Waals surface area (Å²) in [6.07, 6.45) is -5.22. The Morgan fingerprint density at radius 2 is 1.60 bits per heavy atom. The van der Waals surface area contributed by atoms with Crippen molar-refractivity contribution in [2.75, 3.05) is 5.32 Å². The standard InChI is InChI=1S/C22H15F6NO/c1-12-3-2-4-18(24)20(12)21(30)29-16-8-6-14(19(25)11-16)9-13-5-7-15(23)10-17(13)22(26,27)28/h2-8,10-11H,9H2,1H3,(H,29,30). The monoisotopic (exact) mass is 423 g/mol. The number of carbonyl (C=O) groups excluding carboxylic acids is 1. The van der Waals surface area contributed by atoms with E-state index in [1.165, 1.54) is 18.2 Å². The zero-order valence-corrected chi connectivity index (χ0v) is 15.6. The van der Waals surface area contributed by atoms with Crippen LogP contribution in [0.4, 0.5) is 32.0 Å². The number of nitrogens with one attached hydrogen (secondary N) is 1. The van der Waals surface area contributed by atoms with Crippen LogP contribution in [-0.4, -0.2) is 5.91 Å². The Hall–Kier alpha value is -3.29. The van der Waals surface area contributed by atoms with E-state index in [1.54, 1.807) is 13.0 Å². The molecule has 0 bridgehead atoms. The fraction of sp³-hybridized carbons (Fsp3) is 0.136. The third-order valence-electron chi connectivity index (χ3n) is 4.52. The van der Waals surface area contributed by atoms with Gasteiger partial charge in [-0.05, 0) is 53.9 Å². The van der Waals surface area contributed by atoms with Gasteiger partial charge in [0.15, 0.2) is 0 Å². The Balaban J connectivity index is 1.84. The zero-order valence-electron chi connectivity index (χ0n) is 15.6. The van der Waals surface area contributed by atoms with Gasteiger partial charge in [-0.1, -0.05) is 24.3 Å². The Morgan fingerprint density at radius 1 is 0.900 bits per heavy atom. The van der Waals surface area contributed by atoms with Gasteiger partial charge in [0, 0.05) is 12.1 Å². The second-order valence-electron chi connectivity index (χ2n) is 6.67. The first-order valence-corrected chi connectivity index (χ1v) is 8.77. The van der Waals surface area contributed by atoms with E-state index in [-0.39, 0.29) is 22.4 Å². The van der Waals surface area contributed by atoms with Gasteiger partial charge in [0.2, 0.25) is 0 Å². The summed E-state index contributed by atoms with van der Waals surface area (Å²) in [5, 5.41) is 2.37. The molecule has 8 heteroatoms. The molecule has 30 heavy (non-hydrogen) atoms. The summed E-state index contributed by atoms with van der Waals surface area (Å²) in [6, 6.07) is 9.72. The Morgan fingerprint density at radius 3 is 2.23 bits per heavy atom. The van der Waals surface area contributed by atoms with Gasteiger partial charge >= 0.3 is 6.18 Å². The van der Waals surface area contributed by atoms with Crippen molar-refractivity contribution < 1.29 is 31.1 Å². The van der Waals surface area contributed by atoms with E-state index in [4.69, 9.17) is 0 Å². The maximum Gasteiger partial charge on any atom is 0.416 e. The molecule has 0 aromatic heterocycles. The predicted molar refractivity (Wildman–Crippen MR) is 99.7 cm³/mol. The molecule has 0 unspecified atom stereocenters. The summed E-state index contributed by atoms with van der Waals surface area (Å²) in [6.45, 7) is 1.54. The lowest BCUT2D eigenvalue weighted by molar-refractivity contribution is -0.138. The molecule has 3 rings (SSSR count). The molecule has 0 aliphatic carbocycles. The Kier molecular flexibility index (Phi) is 5.87. The molecule has 2 nitrogen and oxygen atoms in total. The van der Waals surface area contributed by atoms with E-state index in [0.717, 1.165) is 24.3 Å². The lowest BCUT2D eigenvalue weighted by Gasteiger charge is -2.14. The molecule has 0 atom stereocenters. The number of amides is 1. The number of alkyl halides is 3. The van der Waals surface area contributed by atoms with Crippen LogP contribution in [0, 0.1) is 24.4 Å². The molecular weight excluding hydrogens is 408 g/mol. The molecule has 0 heterocycles. The van der Waals surface area contributed by atoms with Crippen LogP contribution >= 0.6 is 0 Å². The summed E-state index contributed by atoms with van der Waals surface area (Å²) in [4.78, 5) is 12.3. The summed E-state index contributed by atoms with van der Waals surface area (Å²) in [5.74, 6) is -3.43. The van der Waals surface area contributed by atoms with Crippen LogP contribution in [0.2, 0.25) is 0 Å². The molecule has 1 amide bonds. The third-order valence-corrected chi connectivity index (χ3v) is 4.52.